The van der Waals surface area contributed by atoms with Crippen LogP contribution in [0.25, 0.3) is 10.2 Å². The molecule has 3 aromatic rings. The minimum atomic E-state index is -4.55. The number of ether oxygens (including phenoxy) is 1. The van der Waals surface area contributed by atoms with Crippen LogP contribution in [0.3, 0.4) is 0 Å². The fourth-order valence-electron chi connectivity index (χ4n) is 4.64. The normalized spacial score (nSPS) is 22.7. The molecule has 4 heterocycles. The van der Waals surface area contributed by atoms with Gasteiger partial charge in [0, 0.05) is 24.0 Å². The van der Waals surface area contributed by atoms with Crippen molar-refractivity contribution in [1.29, 1.82) is 0 Å². The van der Waals surface area contributed by atoms with Crippen molar-refractivity contribution in [2.75, 3.05) is 30.0 Å². The third kappa shape index (κ3) is 4.79. The van der Waals surface area contributed by atoms with Crippen LogP contribution in [0.4, 0.5) is 24.9 Å². The molecule has 0 bridgehead atoms. The molecule has 1 unspecified atom stereocenters. The van der Waals surface area contributed by atoms with Crippen molar-refractivity contribution >= 4 is 33.3 Å². The number of rotatable bonds is 7. The fraction of sp³-hybridized carbons (Fsp3) is 0.619. The number of fused-ring (bicyclic) bond motifs is 2. The van der Waals surface area contributed by atoms with Gasteiger partial charge in [-0.25, -0.2) is 4.98 Å². The number of nitrogens with zero attached hydrogens (tertiary/aromatic N) is 6. The van der Waals surface area contributed by atoms with Gasteiger partial charge in [0.2, 0.25) is 11.8 Å². The summed E-state index contributed by atoms with van der Waals surface area (Å²) in [6, 6.07) is 1.90. The highest BCUT2D eigenvalue weighted by molar-refractivity contribution is 7.18. The molecule has 190 valence electrons. The molecule has 0 aromatic carbocycles. The van der Waals surface area contributed by atoms with Crippen molar-refractivity contribution in [2.45, 2.75) is 63.7 Å². The van der Waals surface area contributed by atoms with Crippen molar-refractivity contribution in [1.82, 2.24) is 24.7 Å². The van der Waals surface area contributed by atoms with E-state index in [1.54, 1.807) is 11.3 Å². The first-order valence-electron chi connectivity index (χ1n) is 11.5. The Kier molecular flexibility index (Phi) is 6.55. The summed E-state index contributed by atoms with van der Waals surface area (Å²) in [5.74, 6) is 0.269. The molecular weight excluding hydrogens is 487 g/mol. The van der Waals surface area contributed by atoms with Crippen LogP contribution >= 0.6 is 11.3 Å². The quantitative estimate of drug-likeness (QED) is 0.437. The van der Waals surface area contributed by atoms with E-state index in [1.807, 2.05) is 17.9 Å². The van der Waals surface area contributed by atoms with E-state index in [9.17, 15) is 18.3 Å². The second-order valence-electron chi connectivity index (χ2n) is 8.68. The summed E-state index contributed by atoms with van der Waals surface area (Å²) in [4.78, 5) is 13.2. The van der Waals surface area contributed by atoms with Crippen LogP contribution < -0.4 is 10.2 Å². The van der Waals surface area contributed by atoms with E-state index < -0.39 is 18.1 Å². The van der Waals surface area contributed by atoms with Gasteiger partial charge in [0.05, 0.1) is 37.4 Å². The van der Waals surface area contributed by atoms with Gasteiger partial charge in [-0.2, -0.15) is 18.2 Å². The molecule has 2 aliphatic rings. The molecule has 0 radical (unpaired) electrons. The number of alkyl halides is 3. The number of nitrogens with one attached hydrogen (secondary N) is 1. The summed E-state index contributed by atoms with van der Waals surface area (Å²) >= 11 is 1.55. The summed E-state index contributed by atoms with van der Waals surface area (Å²) in [5, 5.41) is 30.6. The average molecular weight is 514 g/mol. The van der Waals surface area contributed by atoms with Gasteiger partial charge in [-0.05, 0) is 25.3 Å². The van der Waals surface area contributed by atoms with Crippen molar-refractivity contribution in [2.24, 2.45) is 0 Å². The molecule has 1 saturated carbocycles. The number of hydrogen-bond donors (Lipinski definition) is 3. The van der Waals surface area contributed by atoms with Crippen molar-refractivity contribution in [3.63, 3.8) is 0 Å². The largest absolute Gasteiger partial charge is 0.451 e. The van der Waals surface area contributed by atoms with Crippen LogP contribution in [0.2, 0.25) is 0 Å². The predicted molar refractivity (Wildman–Crippen MR) is 122 cm³/mol. The lowest BCUT2D eigenvalue weighted by molar-refractivity contribution is -0.147. The standard InChI is InChI=1S/C21H26F3N7O3S/c1-2-12-9-13-17(30-3-4-31-16(10-30)28-29-19(31)21(22,23)24)26-20(27-18(13)35-12)25-11-7-14(33)15(8-11)34-6-5-32/h9,11,14-15,32-33H,2-8,10H2,1H3,(H,25,26,27)/t11-,14-,15?/m0/s1. The number of aliphatic hydroxyl groups excluding tert-OH is 2. The van der Waals surface area contributed by atoms with Crippen LogP contribution in [0, 0.1) is 0 Å². The Labute approximate surface area is 202 Å². The second kappa shape index (κ2) is 9.48. The van der Waals surface area contributed by atoms with Crippen LogP contribution in [0.5, 0.6) is 0 Å². The Morgan fingerprint density at radius 1 is 1.23 bits per heavy atom. The third-order valence-corrected chi connectivity index (χ3v) is 7.48. The highest BCUT2D eigenvalue weighted by Crippen LogP contribution is 2.36. The predicted octanol–water partition coefficient (Wildman–Crippen LogP) is 2.20. The number of hydrogen-bond acceptors (Lipinski definition) is 10. The first-order chi connectivity index (χ1) is 16.8. The van der Waals surface area contributed by atoms with E-state index in [-0.39, 0.29) is 44.3 Å². The Hall–Kier alpha value is -2.55. The highest BCUT2D eigenvalue weighted by atomic mass is 32.1. The van der Waals surface area contributed by atoms with Crippen molar-refractivity contribution < 1.29 is 28.1 Å². The molecule has 3 atom stereocenters. The van der Waals surface area contributed by atoms with E-state index in [0.717, 1.165) is 26.1 Å². The third-order valence-electron chi connectivity index (χ3n) is 6.31. The van der Waals surface area contributed by atoms with Crippen LogP contribution in [0.15, 0.2) is 6.07 Å². The summed E-state index contributed by atoms with van der Waals surface area (Å²) < 4.78 is 46.4. The summed E-state index contributed by atoms with van der Waals surface area (Å²) in [5.41, 5.74) is 0. The van der Waals surface area contributed by atoms with E-state index in [4.69, 9.17) is 14.8 Å². The van der Waals surface area contributed by atoms with Gasteiger partial charge in [0.25, 0.3) is 0 Å². The van der Waals surface area contributed by atoms with Gasteiger partial charge in [0.1, 0.15) is 10.6 Å². The summed E-state index contributed by atoms with van der Waals surface area (Å²) in [6.07, 6.45) is -3.79. The molecule has 10 nitrogen and oxygen atoms in total. The van der Waals surface area contributed by atoms with Crippen LogP contribution in [-0.4, -0.2) is 73.0 Å². The maximum atomic E-state index is 13.2. The van der Waals surface area contributed by atoms with Crippen molar-refractivity contribution in [3.8, 4) is 0 Å². The van der Waals surface area contributed by atoms with E-state index in [0.29, 0.717) is 31.2 Å². The van der Waals surface area contributed by atoms with Gasteiger partial charge in [0.15, 0.2) is 5.82 Å². The van der Waals surface area contributed by atoms with E-state index >= 15 is 0 Å². The highest BCUT2D eigenvalue weighted by Gasteiger charge is 2.40. The first-order valence-corrected chi connectivity index (χ1v) is 12.3. The minimum Gasteiger partial charge on any atom is -0.394 e. The first kappa shape index (κ1) is 24.2. The Balaban J connectivity index is 1.42. The number of aliphatic hydroxyl groups is 2. The van der Waals surface area contributed by atoms with Gasteiger partial charge < -0.3 is 29.7 Å². The lowest BCUT2D eigenvalue weighted by Crippen LogP contribution is -2.36. The SMILES string of the molecule is CCc1cc2c(N3CCn4c(nnc4C(F)(F)F)C3)nc(N[C@@H]3CC(OCCO)[C@@H](O)C3)nc2s1. The molecule has 14 heteroatoms. The molecule has 1 aliphatic heterocycles. The smallest absolute Gasteiger partial charge is 0.394 e. The number of halogens is 3. The molecule has 3 N–H and O–H groups in total. The van der Waals surface area contributed by atoms with Gasteiger partial charge in [-0.3, -0.25) is 0 Å². The number of aromatic nitrogens is 5. The zero-order chi connectivity index (χ0) is 24.7. The second-order valence-corrected chi connectivity index (χ2v) is 9.79. The molecule has 35 heavy (non-hydrogen) atoms. The summed E-state index contributed by atoms with van der Waals surface area (Å²) in [6.45, 7) is 2.64. The minimum absolute atomic E-state index is 0.0922. The Morgan fingerprint density at radius 2 is 2.06 bits per heavy atom. The topological polar surface area (TPSA) is 121 Å². The van der Waals surface area contributed by atoms with Gasteiger partial charge in [-0.1, -0.05) is 6.92 Å². The molecule has 1 aliphatic carbocycles. The molecular formula is C21H26F3N7O3S. The molecule has 0 spiro atoms. The molecule has 0 saturated heterocycles. The van der Waals surface area contributed by atoms with E-state index in [2.05, 4.69) is 20.5 Å². The molecule has 5 rings (SSSR count). The van der Waals surface area contributed by atoms with Gasteiger partial charge >= 0.3 is 6.18 Å². The Bertz CT molecular complexity index is 1200. The molecule has 0 amide bonds. The molecule has 1 fully saturated rings. The lowest BCUT2D eigenvalue weighted by atomic mass is 10.2. The maximum absolute atomic E-state index is 13.2. The Morgan fingerprint density at radius 3 is 2.80 bits per heavy atom. The average Bonchev–Trinajstić information content (AvgIpc) is 3.52. The van der Waals surface area contributed by atoms with Crippen LogP contribution in [-0.2, 0) is 30.4 Å². The van der Waals surface area contributed by atoms with Crippen molar-refractivity contribution in [3.05, 3.63) is 22.6 Å². The fourth-order valence-corrected chi connectivity index (χ4v) is 5.61. The summed E-state index contributed by atoms with van der Waals surface area (Å²) in [7, 11) is 0. The molecule has 3 aromatic heterocycles. The monoisotopic (exact) mass is 513 g/mol. The number of aryl methyl sites for hydroxylation is 1. The lowest BCUT2D eigenvalue weighted by Gasteiger charge is -2.29. The van der Waals surface area contributed by atoms with Crippen LogP contribution in [0.1, 0.15) is 36.3 Å². The number of thiophene rings is 1. The van der Waals surface area contributed by atoms with Gasteiger partial charge in [-0.15, -0.1) is 21.5 Å². The maximum Gasteiger partial charge on any atom is 0.451 e. The number of anilines is 2. The zero-order valence-electron chi connectivity index (χ0n) is 19.0. The zero-order valence-corrected chi connectivity index (χ0v) is 19.8. The van der Waals surface area contributed by atoms with E-state index in [1.165, 1.54) is 0 Å².